The zero-order valence-electron chi connectivity index (χ0n) is 14.8. The molecule has 3 rings (SSSR count). The van der Waals surface area contributed by atoms with Crippen molar-refractivity contribution in [3.05, 3.63) is 42.0 Å². The van der Waals surface area contributed by atoms with Gasteiger partial charge in [-0.25, -0.2) is 0 Å². The summed E-state index contributed by atoms with van der Waals surface area (Å²) in [7, 11) is 3.39. The lowest BCUT2D eigenvalue weighted by molar-refractivity contribution is -0.131. The summed E-state index contributed by atoms with van der Waals surface area (Å²) in [5.74, 6) is 1.19. The highest BCUT2D eigenvalue weighted by atomic mass is 16.5. The van der Waals surface area contributed by atoms with Crippen molar-refractivity contribution in [3.8, 4) is 5.75 Å². The molecule has 1 amide bonds. The van der Waals surface area contributed by atoms with E-state index < -0.39 is 0 Å². The van der Waals surface area contributed by atoms with Gasteiger partial charge >= 0.3 is 0 Å². The minimum Gasteiger partial charge on any atom is -0.497 e. The molecule has 0 bridgehead atoms. The smallest absolute Gasteiger partial charge is 0.244 e. The average molecular weight is 343 g/mol. The number of aromatic nitrogens is 3. The normalized spacial score (nSPS) is 17.3. The summed E-state index contributed by atoms with van der Waals surface area (Å²) in [5.41, 5.74) is 1.86. The molecule has 1 N–H and O–H groups in total. The highest BCUT2D eigenvalue weighted by Crippen LogP contribution is 2.21. The number of rotatable bonds is 6. The number of amides is 1. The van der Waals surface area contributed by atoms with E-state index in [4.69, 9.17) is 4.74 Å². The minimum absolute atomic E-state index is 0.000962. The van der Waals surface area contributed by atoms with Gasteiger partial charge in [0, 0.05) is 38.0 Å². The molecule has 25 heavy (non-hydrogen) atoms. The van der Waals surface area contributed by atoms with Crippen molar-refractivity contribution in [2.75, 3.05) is 27.2 Å². The van der Waals surface area contributed by atoms with E-state index in [1.165, 1.54) is 6.42 Å². The van der Waals surface area contributed by atoms with Crippen LogP contribution in [0.25, 0.3) is 0 Å². The Balaban J connectivity index is 1.56. The highest BCUT2D eigenvalue weighted by molar-refractivity contribution is 5.75. The Kier molecular flexibility index (Phi) is 5.65. The van der Waals surface area contributed by atoms with Crippen molar-refractivity contribution in [2.24, 2.45) is 0 Å². The molecule has 134 valence electrons. The number of pyridine rings is 1. The van der Waals surface area contributed by atoms with E-state index >= 15 is 0 Å². The minimum atomic E-state index is 0.000962. The van der Waals surface area contributed by atoms with Crippen LogP contribution in [0.4, 0.5) is 0 Å². The van der Waals surface area contributed by atoms with Gasteiger partial charge in [-0.1, -0.05) is 0 Å². The second-order valence-electron chi connectivity index (χ2n) is 6.42. The van der Waals surface area contributed by atoms with E-state index in [-0.39, 0.29) is 12.5 Å². The fourth-order valence-corrected chi connectivity index (χ4v) is 3.05. The number of piperidine rings is 1. The summed E-state index contributed by atoms with van der Waals surface area (Å²) in [4.78, 5) is 18.4. The zero-order chi connectivity index (χ0) is 17.6. The maximum atomic E-state index is 12.5. The first-order valence-corrected chi connectivity index (χ1v) is 8.62. The summed E-state index contributed by atoms with van der Waals surface area (Å²) in [5, 5.41) is 7.98. The van der Waals surface area contributed by atoms with Crippen LogP contribution in [0.1, 0.15) is 30.1 Å². The maximum Gasteiger partial charge on any atom is 0.244 e. The Morgan fingerprint density at radius 3 is 3.12 bits per heavy atom. The molecule has 2 aromatic rings. The number of ether oxygens (including phenoxy) is 1. The van der Waals surface area contributed by atoms with Gasteiger partial charge in [-0.3, -0.25) is 14.5 Å². The van der Waals surface area contributed by atoms with Crippen LogP contribution in [0, 0.1) is 0 Å². The Morgan fingerprint density at radius 1 is 1.48 bits per heavy atom. The molecule has 0 radical (unpaired) electrons. The molecule has 0 unspecified atom stereocenters. The molecule has 0 aromatic carbocycles. The number of hydrogen-bond donors (Lipinski definition) is 1. The predicted molar refractivity (Wildman–Crippen MR) is 94.3 cm³/mol. The Bertz CT molecular complexity index is 709. The van der Waals surface area contributed by atoms with Gasteiger partial charge in [0.2, 0.25) is 5.91 Å². The van der Waals surface area contributed by atoms with E-state index in [9.17, 15) is 4.79 Å². The molecule has 7 nitrogen and oxygen atoms in total. The maximum absolute atomic E-state index is 12.5. The molecule has 0 spiro atoms. The van der Waals surface area contributed by atoms with Crippen LogP contribution in [0.5, 0.6) is 5.75 Å². The van der Waals surface area contributed by atoms with Gasteiger partial charge in [-0.2, -0.15) is 5.10 Å². The van der Waals surface area contributed by atoms with E-state index in [2.05, 4.69) is 15.4 Å². The molecule has 1 saturated heterocycles. The van der Waals surface area contributed by atoms with Gasteiger partial charge in [0.05, 0.1) is 25.0 Å². The van der Waals surface area contributed by atoms with Crippen LogP contribution in [0.2, 0.25) is 0 Å². The molecule has 2 aromatic heterocycles. The fraction of sp³-hybridized carbons (Fsp3) is 0.500. The van der Waals surface area contributed by atoms with Crippen molar-refractivity contribution in [2.45, 2.75) is 31.8 Å². The first-order chi connectivity index (χ1) is 12.2. The number of nitrogens with one attached hydrogen (secondary N) is 1. The highest BCUT2D eigenvalue weighted by Gasteiger charge is 2.18. The van der Waals surface area contributed by atoms with Crippen LogP contribution < -0.4 is 10.1 Å². The summed E-state index contributed by atoms with van der Waals surface area (Å²) >= 11 is 0. The monoisotopic (exact) mass is 343 g/mol. The third-order valence-corrected chi connectivity index (χ3v) is 4.52. The van der Waals surface area contributed by atoms with Crippen LogP contribution in [0.3, 0.4) is 0 Å². The molecular weight excluding hydrogens is 318 g/mol. The van der Waals surface area contributed by atoms with E-state index in [0.717, 1.165) is 36.6 Å². The van der Waals surface area contributed by atoms with Crippen molar-refractivity contribution in [1.29, 1.82) is 0 Å². The molecule has 0 saturated carbocycles. The second kappa shape index (κ2) is 8.11. The summed E-state index contributed by atoms with van der Waals surface area (Å²) in [6.45, 7) is 2.72. The fourth-order valence-electron chi connectivity index (χ4n) is 3.05. The lowest BCUT2D eigenvalue weighted by Crippen LogP contribution is -2.31. The summed E-state index contributed by atoms with van der Waals surface area (Å²) in [6.07, 6.45) is 5.90. The van der Waals surface area contributed by atoms with Crippen molar-refractivity contribution < 1.29 is 9.53 Å². The Labute approximate surface area is 148 Å². The van der Waals surface area contributed by atoms with Gasteiger partial charge in [0.25, 0.3) is 0 Å². The Hall–Kier alpha value is -2.41. The van der Waals surface area contributed by atoms with Crippen LogP contribution in [-0.2, 0) is 17.9 Å². The number of carbonyl (C=O) groups excluding carboxylic acids is 1. The van der Waals surface area contributed by atoms with E-state index in [1.807, 2.05) is 18.3 Å². The number of hydrogen-bond acceptors (Lipinski definition) is 5. The van der Waals surface area contributed by atoms with Crippen LogP contribution in [0.15, 0.2) is 30.6 Å². The van der Waals surface area contributed by atoms with Crippen LogP contribution >= 0.6 is 0 Å². The van der Waals surface area contributed by atoms with E-state index in [1.54, 1.807) is 36.0 Å². The number of nitrogens with zero attached hydrogens (tertiary/aromatic N) is 4. The largest absolute Gasteiger partial charge is 0.497 e. The van der Waals surface area contributed by atoms with Gasteiger partial charge in [0.15, 0.2) is 0 Å². The first-order valence-electron chi connectivity index (χ1n) is 8.62. The average Bonchev–Trinajstić information content (AvgIpc) is 3.11. The third-order valence-electron chi connectivity index (χ3n) is 4.52. The third kappa shape index (κ3) is 4.57. The van der Waals surface area contributed by atoms with Crippen LogP contribution in [-0.4, -0.2) is 52.8 Å². The first kappa shape index (κ1) is 17.4. The predicted octanol–water partition coefficient (Wildman–Crippen LogP) is 1.41. The van der Waals surface area contributed by atoms with Crippen molar-refractivity contribution >= 4 is 5.91 Å². The molecule has 7 heteroatoms. The Morgan fingerprint density at radius 2 is 2.36 bits per heavy atom. The zero-order valence-corrected chi connectivity index (χ0v) is 14.8. The molecule has 3 heterocycles. The molecule has 0 aliphatic carbocycles. The summed E-state index contributed by atoms with van der Waals surface area (Å²) < 4.78 is 6.91. The van der Waals surface area contributed by atoms with Gasteiger partial charge in [-0.05, 0) is 31.5 Å². The standard InChI is InChI=1S/C18H25N5O2/c1-22(12-15-10-16(25-2)5-8-20-15)18(24)13-23-9-6-17(21-23)14-4-3-7-19-11-14/h5-6,8-10,14,19H,3-4,7,11-13H2,1-2H3/t14-/m1/s1. The van der Waals surface area contributed by atoms with Crippen molar-refractivity contribution in [1.82, 2.24) is 25.0 Å². The second-order valence-corrected chi connectivity index (χ2v) is 6.42. The molecule has 1 aliphatic heterocycles. The molecule has 1 fully saturated rings. The molecule has 1 atom stereocenters. The lowest BCUT2D eigenvalue weighted by atomic mass is 9.97. The van der Waals surface area contributed by atoms with Gasteiger partial charge in [-0.15, -0.1) is 0 Å². The number of likely N-dealkylation sites (N-methyl/N-ethyl adjacent to an activating group) is 1. The van der Waals surface area contributed by atoms with Gasteiger partial charge in [0.1, 0.15) is 12.3 Å². The summed E-state index contributed by atoms with van der Waals surface area (Å²) in [6, 6.07) is 5.65. The number of methoxy groups -OCH3 is 1. The molecular formula is C18H25N5O2. The SMILES string of the molecule is COc1ccnc(CN(C)C(=O)Cn2ccc([C@@H]3CCCNC3)n2)c1. The van der Waals surface area contributed by atoms with Crippen molar-refractivity contribution in [3.63, 3.8) is 0 Å². The van der Waals surface area contributed by atoms with Gasteiger partial charge < -0.3 is 15.0 Å². The number of carbonyl (C=O) groups is 1. The molecule has 1 aliphatic rings. The quantitative estimate of drug-likeness (QED) is 0.859. The lowest BCUT2D eigenvalue weighted by Gasteiger charge is -2.21. The van der Waals surface area contributed by atoms with E-state index in [0.29, 0.717) is 12.5 Å². The topological polar surface area (TPSA) is 72.3 Å².